The van der Waals surface area contributed by atoms with Crippen molar-refractivity contribution >= 4 is 21.6 Å². The Balaban J connectivity index is 2.84. The normalized spacial score (nSPS) is 13.5. The van der Waals surface area contributed by atoms with Gasteiger partial charge in [-0.25, -0.2) is 13.1 Å². The van der Waals surface area contributed by atoms with E-state index in [0.29, 0.717) is 0 Å². The summed E-state index contributed by atoms with van der Waals surface area (Å²) in [6.07, 6.45) is 2.67. The molecule has 4 nitrogen and oxygen atoms in total. The molecule has 0 bridgehead atoms. The van der Waals surface area contributed by atoms with Gasteiger partial charge in [0.25, 0.3) is 0 Å². The molecule has 0 spiro atoms. The Morgan fingerprint density at radius 1 is 1.39 bits per heavy atom. The van der Waals surface area contributed by atoms with Gasteiger partial charge in [0.2, 0.25) is 10.0 Å². The number of halogens is 1. The highest BCUT2D eigenvalue weighted by Gasteiger charge is 2.20. The second-order valence-electron chi connectivity index (χ2n) is 4.13. The van der Waals surface area contributed by atoms with Gasteiger partial charge in [0.15, 0.2) is 0 Å². The molecule has 0 heterocycles. The fraction of sp³-hybridized carbons (Fsp3) is 0.500. The van der Waals surface area contributed by atoms with Crippen molar-refractivity contribution in [3.05, 3.63) is 29.3 Å². The highest BCUT2D eigenvalue weighted by Crippen LogP contribution is 2.20. The van der Waals surface area contributed by atoms with E-state index >= 15 is 0 Å². The van der Waals surface area contributed by atoms with E-state index in [9.17, 15) is 8.42 Å². The van der Waals surface area contributed by atoms with Gasteiger partial charge in [0, 0.05) is 12.6 Å². The predicted molar refractivity (Wildman–Crippen MR) is 74.1 cm³/mol. The average Bonchev–Trinajstić information content (AvgIpc) is 2.34. The van der Waals surface area contributed by atoms with Crippen LogP contribution < -0.4 is 10.5 Å². The van der Waals surface area contributed by atoms with Gasteiger partial charge < -0.3 is 5.73 Å². The van der Waals surface area contributed by atoms with E-state index in [4.69, 9.17) is 17.3 Å². The standard InChI is InChI=1S/C12H19ClN2O2S/c1-2-3-6-10(9-14)15-18(16,17)12-8-5-4-7-11(12)13/h4-5,7-8,10,15H,2-3,6,9,14H2,1H3. The molecule has 0 aliphatic carbocycles. The first-order valence-electron chi connectivity index (χ1n) is 5.98. The summed E-state index contributed by atoms with van der Waals surface area (Å²) in [4.78, 5) is 0.0987. The summed E-state index contributed by atoms with van der Waals surface area (Å²) in [6, 6.07) is 6.13. The number of nitrogens with two attached hydrogens (primary N) is 1. The van der Waals surface area contributed by atoms with Crippen molar-refractivity contribution in [3.8, 4) is 0 Å². The van der Waals surface area contributed by atoms with E-state index in [1.54, 1.807) is 18.2 Å². The molecule has 0 aliphatic heterocycles. The Morgan fingerprint density at radius 3 is 2.61 bits per heavy atom. The zero-order chi connectivity index (χ0) is 13.6. The fourth-order valence-corrected chi connectivity index (χ4v) is 3.42. The first-order chi connectivity index (χ1) is 8.51. The van der Waals surface area contributed by atoms with Crippen LogP contribution in [0.1, 0.15) is 26.2 Å². The monoisotopic (exact) mass is 290 g/mol. The zero-order valence-electron chi connectivity index (χ0n) is 10.4. The maximum absolute atomic E-state index is 12.1. The molecule has 0 aromatic heterocycles. The Labute approximate surface area is 114 Å². The van der Waals surface area contributed by atoms with Crippen LogP contribution in [0.2, 0.25) is 5.02 Å². The summed E-state index contributed by atoms with van der Waals surface area (Å²) in [7, 11) is -3.59. The third-order valence-corrected chi connectivity index (χ3v) is 4.66. The molecular formula is C12H19ClN2O2S. The first kappa shape index (κ1) is 15.4. The highest BCUT2D eigenvalue weighted by atomic mass is 35.5. The van der Waals surface area contributed by atoms with Gasteiger partial charge in [-0.2, -0.15) is 0 Å². The lowest BCUT2D eigenvalue weighted by Crippen LogP contribution is -2.40. The summed E-state index contributed by atoms with van der Waals surface area (Å²) in [6.45, 7) is 2.33. The van der Waals surface area contributed by atoms with Gasteiger partial charge in [-0.15, -0.1) is 0 Å². The van der Waals surface area contributed by atoms with Gasteiger partial charge in [-0.05, 0) is 18.6 Å². The Morgan fingerprint density at radius 2 is 2.06 bits per heavy atom. The van der Waals surface area contributed by atoms with E-state index in [2.05, 4.69) is 11.6 Å². The molecule has 0 fully saturated rings. The number of benzene rings is 1. The number of rotatable bonds is 7. The van der Waals surface area contributed by atoms with Crippen LogP contribution >= 0.6 is 11.6 Å². The van der Waals surface area contributed by atoms with Gasteiger partial charge in [-0.3, -0.25) is 0 Å². The van der Waals surface area contributed by atoms with Crippen molar-refractivity contribution < 1.29 is 8.42 Å². The molecule has 6 heteroatoms. The number of hydrogen-bond donors (Lipinski definition) is 2. The Hall–Kier alpha value is -0.620. The second kappa shape index (κ2) is 7.09. The second-order valence-corrected chi connectivity index (χ2v) is 6.22. The highest BCUT2D eigenvalue weighted by molar-refractivity contribution is 7.89. The lowest BCUT2D eigenvalue weighted by Gasteiger charge is -2.17. The predicted octanol–water partition coefficient (Wildman–Crippen LogP) is 2.14. The molecule has 0 saturated heterocycles. The average molecular weight is 291 g/mol. The minimum absolute atomic E-state index is 0.0987. The number of nitrogens with one attached hydrogen (secondary N) is 1. The van der Waals surface area contributed by atoms with Crippen molar-refractivity contribution in [3.63, 3.8) is 0 Å². The van der Waals surface area contributed by atoms with E-state index in [1.807, 2.05) is 0 Å². The van der Waals surface area contributed by atoms with Crippen LogP contribution in [0.15, 0.2) is 29.2 Å². The zero-order valence-corrected chi connectivity index (χ0v) is 12.0. The lowest BCUT2D eigenvalue weighted by molar-refractivity contribution is 0.516. The van der Waals surface area contributed by atoms with Crippen molar-refractivity contribution in [2.24, 2.45) is 5.73 Å². The van der Waals surface area contributed by atoms with Crippen LogP contribution in [-0.2, 0) is 10.0 Å². The van der Waals surface area contributed by atoms with Gasteiger partial charge >= 0.3 is 0 Å². The van der Waals surface area contributed by atoms with Crippen LogP contribution in [-0.4, -0.2) is 21.0 Å². The molecule has 0 radical (unpaired) electrons. The largest absolute Gasteiger partial charge is 0.329 e. The summed E-state index contributed by atoms with van der Waals surface area (Å²) in [5.74, 6) is 0. The summed E-state index contributed by atoms with van der Waals surface area (Å²) < 4.78 is 26.9. The Bertz CT molecular complexity index is 477. The van der Waals surface area contributed by atoms with Crippen LogP contribution in [0.25, 0.3) is 0 Å². The molecule has 1 atom stereocenters. The summed E-state index contributed by atoms with van der Waals surface area (Å²) in [5.41, 5.74) is 5.58. The van der Waals surface area contributed by atoms with E-state index in [0.717, 1.165) is 19.3 Å². The molecule has 18 heavy (non-hydrogen) atoms. The third-order valence-electron chi connectivity index (χ3n) is 2.64. The minimum atomic E-state index is -3.59. The maximum atomic E-state index is 12.1. The fourth-order valence-electron chi connectivity index (χ4n) is 1.62. The van der Waals surface area contributed by atoms with E-state index in [1.165, 1.54) is 6.07 Å². The van der Waals surface area contributed by atoms with E-state index in [-0.39, 0.29) is 22.5 Å². The number of hydrogen-bond acceptors (Lipinski definition) is 3. The molecule has 0 saturated carbocycles. The van der Waals surface area contributed by atoms with Crippen LogP contribution in [0.5, 0.6) is 0 Å². The molecule has 0 amide bonds. The Kier molecular flexibility index (Phi) is 6.08. The van der Waals surface area contributed by atoms with Crippen molar-refractivity contribution in [1.82, 2.24) is 4.72 Å². The van der Waals surface area contributed by atoms with Gasteiger partial charge in [-0.1, -0.05) is 43.5 Å². The molecule has 1 rings (SSSR count). The SMILES string of the molecule is CCCCC(CN)NS(=O)(=O)c1ccccc1Cl. The number of unbranched alkanes of at least 4 members (excludes halogenated alkanes) is 1. The van der Waals surface area contributed by atoms with Crippen molar-refractivity contribution in [2.45, 2.75) is 37.1 Å². The first-order valence-corrected chi connectivity index (χ1v) is 7.84. The molecule has 1 unspecified atom stereocenters. The van der Waals surface area contributed by atoms with Gasteiger partial charge in [0.1, 0.15) is 4.90 Å². The summed E-state index contributed by atoms with van der Waals surface area (Å²) >= 11 is 5.89. The van der Waals surface area contributed by atoms with Crippen molar-refractivity contribution in [2.75, 3.05) is 6.54 Å². The quantitative estimate of drug-likeness (QED) is 0.808. The minimum Gasteiger partial charge on any atom is -0.329 e. The molecule has 1 aromatic rings. The molecular weight excluding hydrogens is 272 g/mol. The molecule has 0 aliphatic rings. The van der Waals surface area contributed by atoms with Crippen LogP contribution in [0.4, 0.5) is 0 Å². The van der Waals surface area contributed by atoms with Crippen LogP contribution in [0, 0.1) is 0 Å². The third kappa shape index (κ3) is 4.24. The summed E-state index contributed by atoms with van der Waals surface area (Å²) in [5, 5.41) is 0.219. The molecule has 1 aromatic carbocycles. The topological polar surface area (TPSA) is 72.2 Å². The smallest absolute Gasteiger partial charge is 0.242 e. The lowest BCUT2D eigenvalue weighted by atomic mass is 10.1. The number of sulfonamides is 1. The van der Waals surface area contributed by atoms with Crippen molar-refractivity contribution in [1.29, 1.82) is 0 Å². The molecule has 3 N–H and O–H groups in total. The van der Waals surface area contributed by atoms with Crippen LogP contribution in [0.3, 0.4) is 0 Å². The molecule has 102 valence electrons. The van der Waals surface area contributed by atoms with Gasteiger partial charge in [0.05, 0.1) is 5.02 Å². The maximum Gasteiger partial charge on any atom is 0.242 e. The van der Waals surface area contributed by atoms with E-state index < -0.39 is 10.0 Å².